The van der Waals surface area contributed by atoms with Crippen molar-refractivity contribution in [2.45, 2.75) is 45.1 Å². The molecule has 9 heteroatoms. The van der Waals surface area contributed by atoms with Gasteiger partial charge < -0.3 is 14.6 Å². The third-order valence-corrected chi connectivity index (χ3v) is 5.72. The molecule has 0 atom stereocenters. The van der Waals surface area contributed by atoms with Gasteiger partial charge in [-0.3, -0.25) is 4.79 Å². The highest BCUT2D eigenvalue weighted by Gasteiger charge is 2.15. The van der Waals surface area contributed by atoms with Crippen LogP contribution in [0.1, 0.15) is 38.5 Å². The summed E-state index contributed by atoms with van der Waals surface area (Å²) in [4.78, 5) is 17.6. The fourth-order valence-corrected chi connectivity index (χ4v) is 4.13. The molecular weight excluding hydrogens is 418 g/mol. The van der Waals surface area contributed by atoms with E-state index >= 15 is 0 Å². The Kier molecular flexibility index (Phi) is 6.97. The average molecular weight is 448 g/mol. The van der Waals surface area contributed by atoms with E-state index in [1.807, 2.05) is 37.2 Å². The van der Waals surface area contributed by atoms with Gasteiger partial charge in [0.2, 0.25) is 11.8 Å². The van der Waals surface area contributed by atoms with Gasteiger partial charge in [-0.05, 0) is 41.3 Å². The van der Waals surface area contributed by atoms with Crippen molar-refractivity contribution in [1.29, 1.82) is 0 Å². The number of aromatic amines is 1. The van der Waals surface area contributed by atoms with Gasteiger partial charge in [-0.25, -0.2) is 4.98 Å². The van der Waals surface area contributed by atoms with Crippen LogP contribution in [0.15, 0.2) is 42.5 Å². The summed E-state index contributed by atoms with van der Waals surface area (Å²) in [6.45, 7) is 0.877. The van der Waals surface area contributed by atoms with Crippen LogP contribution in [-0.4, -0.2) is 55.3 Å². The molecule has 4 aromatic rings. The number of hydrogen-bond donors (Lipinski definition) is 2. The molecule has 2 aromatic heterocycles. The maximum atomic E-state index is 10.6. The summed E-state index contributed by atoms with van der Waals surface area (Å²) in [5, 5.41) is 23.3. The van der Waals surface area contributed by atoms with Gasteiger partial charge >= 0.3 is 5.97 Å². The van der Waals surface area contributed by atoms with Crippen LogP contribution in [0.4, 0.5) is 5.95 Å². The smallest absolute Gasteiger partial charge is 0.303 e. The number of nitrogens with one attached hydrogen (secondary N) is 1. The number of aryl methyl sites for hydroxylation is 1. The maximum Gasteiger partial charge on any atom is 0.303 e. The Hall–Kier alpha value is -3.75. The first-order valence-corrected chi connectivity index (χ1v) is 11.3. The molecule has 4 rings (SSSR count). The molecule has 0 radical (unpaired) electrons. The summed E-state index contributed by atoms with van der Waals surface area (Å²) in [5.74, 6) is 0.780. The standard InChI is InChI=1S/C24H29N7O2/c1-30(2)24-25-20-16-17(18-10-7-8-11-19(18)23-26-28-29-27-23)13-14-21(20)31(24)15-9-5-3-4-6-12-22(32)33/h7-8,10-11,13-14,16H,3-6,9,12,15H2,1-2H3,(H,32,33)(H,26,27,28,29). The lowest BCUT2D eigenvalue weighted by atomic mass is 9.99. The number of unbranched alkanes of at least 4 members (excludes halogenated alkanes) is 4. The molecule has 0 amide bonds. The number of carbonyl (C=O) groups is 1. The molecule has 2 heterocycles. The number of rotatable bonds is 11. The molecule has 0 saturated heterocycles. The Labute approximate surface area is 192 Å². The van der Waals surface area contributed by atoms with E-state index in [1.54, 1.807) is 0 Å². The normalized spacial score (nSPS) is 11.2. The second-order valence-corrected chi connectivity index (χ2v) is 8.35. The van der Waals surface area contributed by atoms with Gasteiger partial charge in [0.05, 0.1) is 11.0 Å². The molecule has 0 unspecified atom stereocenters. The fraction of sp³-hybridized carbons (Fsp3) is 0.375. The molecule has 0 spiro atoms. The molecule has 0 fully saturated rings. The van der Waals surface area contributed by atoms with Crippen LogP contribution in [-0.2, 0) is 11.3 Å². The molecule has 2 aromatic carbocycles. The van der Waals surface area contributed by atoms with Crippen molar-refractivity contribution >= 4 is 23.0 Å². The van der Waals surface area contributed by atoms with Crippen molar-refractivity contribution in [2.75, 3.05) is 19.0 Å². The summed E-state index contributed by atoms with van der Waals surface area (Å²) >= 11 is 0. The predicted octanol–water partition coefficient (Wildman–Crippen LogP) is 4.37. The summed E-state index contributed by atoms with van der Waals surface area (Å²) < 4.78 is 2.27. The number of imidazole rings is 1. The molecule has 9 nitrogen and oxygen atoms in total. The van der Waals surface area contributed by atoms with Crippen molar-refractivity contribution < 1.29 is 9.90 Å². The van der Waals surface area contributed by atoms with E-state index in [1.165, 1.54) is 0 Å². The van der Waals surface area contributed by atoms with Crippen molar-refractivity contribution in [3.63, 3.8) is 0 Å². The molecule has 33 heavy (non-hydrogen) atoms. The first-order chi connectivity index (χ1) is 16.0. The first-order valence-electron chi connectivity index (χ1n) is 11.3. The molecule has 0 aliphatic heterocycles. The van der Waals surface area contributed by atoms with E-state index in [9.17, 15) is 4.79 Å². The summed E-state index contributed by atoms with van der Waals surface area (Å²) in [5.41, 5.74) is 5.05. The van der Waals surface area contributed by atoms with Crippen LogP contribution in [0, 0.1) is 0 Å². The number of hydrogen-bond acceptors (Lipinski definition) is 6. The molecular formula is C24H29N7O2. The van der Waals surface area contributed by atoms with Crippen LogP contribution in [0.3, 0.4) is 0 Å². The van der Waals surface area contributed by atoms with Crippen LogP contribution in [0.25, 0.3) is 33.5 Å². The second-order valence-electron chi connectivity index (χ2n) is 8.35. The van der Waals surface area contributed by atoms with Crippen LogP contribution >= 0.6 is 0 Å². The van der Waals surface area contributed by atoms with Crippen LogP contribution in [0.5, 0.6) is 0 Å². The minimum atomic E-state index is -0.713. The molecule has 0 bridgehead atoms. The number of H-pyrrole nitrogens is 1. The van der Waals surface area contributed by atoms with Gasteiger partial charge in [-0.1, -0.05) is 49.6 Å². The zero-order valence-electron chi connectivity index (χ0n) is 19.0. The van der Waals surface area contributed by atoms with Crippen molar-refractivity contribution in [3.8, 4) is 22.5 Å². The van der Waals surface area contributed by atoms with Gasteiger partial charge in [0.25, 0.3) is 0 Å². The van der Waals surface area contributed by atoms with E-state index in [2.05, 4.69) is 49.5 Å². The van der Waals surface area contributed by atoms with E-state index in [0.29, 0.717) is 5.82 Å². The van der Waals surface area contributed by atoms with E-state index in [-0.39, 0.29) is 6.42 Å². The Morgan fingerprint density at radius 3 is 2.52 bits per heavy atom. The summed E-state index contributed by atoms with van der Waals surface area (Å²) in [6, 6.07) is 14.4. The molecule has 0 saturated carbocycles. The number of carboxylic acid groups (broad SMARTS) is 1. The lowest BCUT2D eigenvalue weighted by Gasteiger charge is -2.15. The second kappa shape index (κ2) is 10.2. The number of carboxylic acids is 1. The van der Waals surface area contributed by atoms with E-state index in [0.717, 1.165) is 72.3 Å². The fourth-order valence-electron chi connectivity index (χ4n) is 4.13. The lowest BCUT2D eigenvalue weighted by molar-refractivity contribution is -0.137. The Balaban J connectivity index is 1.55. The lowest BCUT2D eigenvalue weighted by Crippen LogP contribution is -2.15. The van der Waals surface area contributed by atoms with Crippen LogP contribution in [0.2, 0.25) is 0 Å². The van der Waals surface area contributed by atoms with Crippen LogP contribution < -0.4 is 4.90 Å². The zero-order valence-corrected chi connectivity index (χ0v) is 19.0. The Morgan fingerprint density at radius 2 is 1.79 bits per heavy atom. The Morgan fingerprint density at radius 1 is 1.03 bits per heavy atom. The SMILES string of the molecule is CN(C)c1nc2cc(-c3ccccc3-c3nn[nH]n3)ccc2n1CCCCCCCC(=O)O. The Bertz CT molecular complexity index is 1220. The first kappa shape index (κ1) is 22.4. The van der Waals surface area contributed by atoms with E-state index in [4.69, 9.17) is 10.1 Å². The number of aromatic nitrogens is 6. The molecule has 172 valence electrons. The molecule has 0 aliphatic carbocycles. The van der Waals surface area contributed by atoms with Gasteiger partial charge in [0, 0.05) is 32.6 Å². The number of nitrogens with zero attached hydrogens (tertiary/aromatic N) is 6. The van der Waals surface area contributed by atoms with Gasteiger partial charge in [-0.15, -0.1) is 10.2 Å². The molecule has 0 aliphatic rings. The highest BCUT2D eigenvalue weighted by molar-refractivity contribution is 5.88. The summed E-state index contributed by atoms with van der Waals surface area (Å²) in [6.07, 6.45) is 5.12. The number of tetrazole rings is 1. The van der Waals surface area contributed by atoms with Crippen molar-refractivity contribution in [3.05, 3.63) is 42.5 Å². The summed E-state index contributed by atoms with van der Waals surface area (Å²) in [7, 11) is 4.02. The minimum Gasteiger partial charge on any atom is -0.481 e. The zero-order chi connectivity index (χ0) is 23.2. The van der Waals surface area contributed by atoms with Crippen molar-refractivity contribution in [2.24, 2.45) is 0 Å². The number of fused-ring (bicyclic) bond motifs is 1. The molecule has 2 N–H and O–H groups in total. The third-order valence-electron chi connectivity index (χ3n) is 5.72. The minimum absolute atomic E-state index is 0.259. The van der Waals surface area contributed by atoms with E-state index < -0.39 is 5.97 Å². The highest BCUT2D eigenvalue weighted by atomic mass is 16.4. The topological polar surface area (TPSA) is 113 Å². The predicted molar refractivity (Wildman–Crippen MR) is 128 cm³/mol. The quantitative estimate of drug-likeness (QED) is 0.328. The van der Waals surface area contributed by atoms with Gasteiger partial charge in [0.15, 0.2) is 0 Å². The maximum absolute atomic E-state index is 10.6. The van der Waals surface area contributed by atoms with Crippen molar-refractivity contribution in [1.82, 2.24) is 30.2 Å². The monoisotopic (exact) mass is 447 g/mol. The largest absolute Gasteiger partial charge is 0.481 e. The van der Waals surface area contributed by atoms with Gasteiger partial charge in [-0.2, -0.15) is 5.21 Å². The number of aliphatic carboxylic acids is 1. The highest BCUT2D eigenvalue weighted by Crippen LogP contribution is 2.33. The average Bonchev–Trinajstić information content (AvgIpc) is 3.46. The number of benzene rings is 2. The third kappa shape index (κ3) is 5.19. The number of anilines is 1. The van der Waals surface area contributed by atoms with Gasteiger partial charge in [0.1, 0.15) is 0 Å².